The zero-order valence-electron chi connectivity index (χ0n) is 9.26. The molecule has 2 aromatic carbocycles. The van der Waals surface area contributed by atoms with Gasteiger partial charge in [0.25, 0.3) is 0 Å². The molecular weight excluding hydrogens is 328 g/mol. The molecule has 0 saturated carbocycles. The third kappa shape index (κ3) is 2.68. The summed E-state index contributed by atoms with van der Waals surface area (Å²) in [6.07, 6.45) is 0. The van der Waals surface area contributed by atoms with Crippen molar-refractivity contribution in [3.05, 3.63) is 53.0 Å². The fourth-order valence-electron chi connectivity index (χ4n) is 1.52. The fourth-order valence-corrected chi connectivity index (χ4v) is 3.52. The molecular formula is C13H9BrN2S2. The van der Waals surface area contributed by atoms with Crippen molar-refractivity contribution in [3.63, 3.8) is 0 Å². The molecule has 18 heavy (non-hydrogen) atoms. The van der Waals surface area contributed by atoms with E-state index in [0.717, 1.165) is 20.0 Å². The molecule has 0 amide bonds. The molecule has 5 heteroatoms. The Bertz CT molecular complexity index is 631. The molecule has 0 saturated heterocycles. The van der Waals surface area contributed by atoms with E-state index in [1.54, 1.807) is 23.3 Å². The SMILES string of the molecule is Brc1ccc(NSc2nc3ccccc3s2)cc1. The molecule has 1 aromatic heterocycles. The van der Waals surface area contributed by atoms with E-state index < -0.39 is 0 Å². The minimum atomic E-state index is 1.03. The third-order valence-electron chi connectivity index (χ3n) is 2.37. The van der Waals surface area contributed by atoms with Crippen molar-refractivity contribution in [1.29, 1.82) is 0 Å². The molecule has 2 nitrogen and oxygen atoms in total. The molecule has 0 aliphatic carbocycles. The van der Waals surface area contributed by atoms with Gasteiger partial charge in [-0.3, -0.25) is 0 Å². The van der Waals surface area contributed by atoms with Crippen molar-refractivity contribution in [1.82, 2.24) is 4.98 Å². The molecule has 0 atom stereocenters. The maximum Gasteiger partial charge on any atom is 0.171 e. The highest BCUT2D eigenvalue weighted by molar-refractivity contribution is 9.10. The van der Waals surface area contributed by atoms with Crippen LogP contribution in [-0.4, -0.2) is 4.98 Å². The largest absolute Gasteiger partial charge is 0.324 e. The summed E-state index contributed by atoms with van der Waals surface area (Å²) in [7, 11) is 0. The maximum atomic E-state index is 4.56. The molecule has 0 aliphatic heterocycles. The molecule has 3 aromatic rings. The van der Waals surface area contributed by atoms with Gasteiger partial charge in [0, 0.05) is 22.1 Å². The van der Waals surface area contributed by atoms with Gasteiger partial charge in [-0.1, -0.05) is 28.1 Å². The predicted octanol–water partition coefficient (Wildman–Crippen LogP) is 5.18. The first-order chi connectivity index (χ1) is 8.81. The first-order valence-electron chi connectivity index (χ1n) is 5.35. The van der Waals surface area contributed by atoms with Crippen LogP contribution >= 0.6 is 39.2 Å². The van der Waals surface area contributed by atoms with E-state index >= 15 is 0 Å². The Morgan fingerprint density at radius 3 is 2.61 bits per heavy atom. The van der Waals surface area contributed by atoms with Crippen LogP contribution in [0, 0.1) is 0 Å². The van der Waals surface area contributed by atoms with Crippen LogP contribution in [0.15, 0.2) is 57.3 Å². The van der Waals surface area contributed by atoms with Crippen LogP contribution in [0.2, 0.25) is 0 Å². The predicted molar refractivity (Wildman–Crippen MR) is 83.2 cm³/mol. The van der Waals surface area contributed by atoms with E-state index in [2.05, 4.69) is 31.7 Å². The Morgan fingerprint density at radius 2 is 1.83 bits per heavy atom. The molecule has 0 spiro atoms. The molecule has 1 N–H and O–H groups in total. The minimum Gasteiger partial charge on any atom is -0.324 e. The lowest BCUT2D eigenvalue weighted by Gasteiger charge is -2.02. The highest BCUT2D eigenvalue weighted by atomic mass is 79.9. The van der Waals surface area contributed by atoms with Crippen molar-refractivity contribution in [2.75, 3.05) is 4.72 Å². The molecule has 0 fully saturated rings. The number of rotatable bonds is 3. The van der Waals surface area contributed by atoms with E-state index in [9.17, 15) is 0 Å². The van der Waals surface area contributed by atoms with Crippen LogP contribution in [0.4, 0.5) is 5.69 Å². The number of nitrogens with zero attached hydrogens (tertiary/aromatic N) is 1. The Balaban J connectivity index is 1.74. The highest BCUT2D eigenvalue weighted by Crippen LogP contribution is 2.30. The number of fused-ring (bicyclic) bond motifs is 1. The molecule has 0 bridgehead atoms. The standard InChI is InChI=1S/C13H9BrN2S2/c14-9-5-7-10(8-6-9)16-18-13-15-11-3-1-2-4-12(11)17-13/h1-8,16H. The number of hydrogen-bond acceptors (Lipinski definition) is 4. The molecule has 0 unspecified atom stereocenters. The number of thiazole rings is 1. The quantitative estimate of drug-likeness (QED) is 0.667. The summed E-state index contributed by atoms with van der Waals surface area (Å²) in [4.78, 5) is 4.56. The van der Waals surface area contributed by atoms with E-state index in [1.807, 2.05) is 42.5 Å². The second kappa shape index (κ2) is 5.30. The average Bonchev–Trinajstić information content (AvgIpc) is 2.81. The van der Waals surface area contributed by atoms with E-state index in [4.69, 9.17) is 0 Å². The summed E-state index contributed by atoms with van der Waals surface area (Å²) in [6, 6.07) is 16.3. The Morgan fingerprint density at radius 1 is 1.06 bits per heavy atom. The van der Waals surface area contributed by atoms with Gasteiger partial charge in [-0.05, 0) is 36.4 Å². The monoisotopic (exact) mass is 336 g/mol. The van der Waals surface area contributed by atoms with Crippen molar-refractivity contribution in [2.45, 2.75) is 4.34 Å². The summed E-state index contributed by atoms with van der Waals surface area (Å²) in [6.45, 7) is 0. The number of anilines is 1. The summed E-state index contributed by atoms with van der Waals surface area (Å²) < 4.78 is 6.62. The van der Waals surface area contributed by atoms with Crippen LogP contribution in [-0.2, 0) is 0 Å². The fraction of sp³-hybridized carbons (Fsp3) is 0. The van der Waals surface area contributed by atoms with Gasteiger partial charge >= 0.3 is 0 Å². The van der Waals surface area contributed by atoms with Gasteiger partial charge < -0.3 is 4.72 Å². The van der Waals surface area contributed by atoms with Crippen LogP contribution in [0.25, 0.3) is 10.2 Å². The van der Waals surface area contributed by atoms with Crippen LogP contribution in [0.1, 0.15) is 0 Å². The van der Waals surface area contributed by atoms with E-state index in [0.29, 0.717) is 0 Å². The van der Waals surface area contributed by atoms with Crippen molar-refractivity contribution in [3.8, 4) is 0 Å². The summed E-state index contributed by atoms with van der Waals surface area (Å²) in [5.41, 5.74) is 2.13. The van der Waals surface area contributed by atoms with E-state index in [-0.39, 0.29) is 0 Å². The van der Waals surface area contributed by atoms with Gasteiger partial charge in [-0.25, -0.2) is 4.98 Å². The van der Waals surface area contributed by atoms with Crippen LogP contribution in [0.3, 0.4) is 0 Å². The Kier molecular flexibility index (Phi) is 3.54. The van der Waals surface area contributed by atoms with Gasteiger partial charge in [0.05, 0.1) is 10.2 Å². The zero-order chi connectivity index (χ0) is 12.4. The van der Waals surface area contributed by atoms with Crippen LogP contribution < -0.4 is 4.72 Å². The highest BCUT2D eigenvalue weighted by Gasteiger charge is 2.03. The number of benzene rings is 2. The lowest BCUT2D eigenvalue weighted by Crippen LogP contribution is -1.85. The first-order valence-corrected chi connectivity index (χ1v) is 7.78. The number of halogens is 1. The van der Waals surface area contributed by atoms with Gasteiger partial charge in [0.1, 0.15) is 0 Å². The molecule has 90 valence electrons. The molecule has 0 radical (unpaired) electrons. The van der Waals surface area contributed by atoms with Crippen molar-refractivity contribution < 1.29 is 0 Å². The number of nitrogens with one attached hydrogen (secondary N) is 1. The first kappa shape index (κ1) is 12.0. The lowest BCUT2D eigenvalue weighted by molar-refractivity contribution is 1.31. The second-order valence-corrected chi connectivity index (χ2v) is 6.66. The molecule has 1 heterocycles. The topological polar surface area (TPSA) is 24.9 Å². The van der Waals surface area contributed by atoms with Gasteiger partial charge in [-0.2, -0.15) is 0 Å². The maximum absolute atomic E-state index is 4.56. The van der Waals surface area contributed by atoms with Gasteiger partial charge in [0.15, 0.2) is 4.34 Å². The average molecular weight is 337 g/mol. The van der Waals surface area contributed by atoms with Crippen molar-refractivity contribution in [2.24, 2.45) is 0 Å². The van der Waals surface area contributed by atoms with Crippen LogP contribution in [0.5, 0.6) is 0 Å². The minimum absolute atomic E-state index is 1.03. The number of hydrogen-bond donors (Lipinski definition) is 1. The Labute approximate surface area is 122 Å². The van der Waals surface area contributed by atoms with Crippen molar-refractivity contribution >= 4 is 55.1 Å². The van der Waals surface area contributed by atoms with Gasteiger partial charge in [0.2, 0.25) is 0 Å². The third-order valence-corrected chi connectivity index (χ3v) is 4.84. The Hall–Kier alpha value is -1.04. The normalized spacial score (nSPS) is 10.7. The number of aromatic nitrogens is 1. The second-order valence-electron chi connectivity index (χ2n) is 3.66. The summed E-state index contributed by atoms with van der Waals surface area (Å²) in [5.74, 6) is 0. The molecule has 0 aliphatic rings. The summed E-state index contributed by atoms with van der Waals surface area (Å²) >= 11 is 6.67. The number of para-hydroxylation sites is 1. The smallest absolute Gasteiger partial charge is 0.171 e. The summed E-state index contributed by atoms with van der Waals surface area (Å²) in [5, 5.41) is 0. The molecule has 3 rings (SSSR count). The lowest BCUT2D eigenvalue weighted by atomic mass is 10.3. The van der Waals surface area contributed by atoms with Gasteiger partial charge in [-0.15, -0.1) is 11.3 Å². The zero-order valence-corrected chi connectivity index (χ0v) is 12.5. The van der Waals surface area contributed by atoms with E-state index in [1.165, 1.54) is 4.70 Å².